The van der Waals surface area contributed by atoms with Gasteiger partial charge in [0, 0.05) is 17.8 Å². The zero-order valence-electron chi connectivity index (χ0n) is 15.7. The number of furan rings is 1. The summed E-state index contributed by atoms with van der Waals surface area (Å²) in [5.41, 5.74) is 3.67. The van der Waals surface area contributed by atoms with E-state index < -0.39 is 0 Å². The smallest absolute Gasteiger partial charge is 0.319 e. The van der Waals surface area contributed by atoms with Gasteiger partial charge < -0.3 is 20.4 Å². The van der Waals surface area contributed by atoms with Crippen molar-refractivity contribution in [3.63, 3.8) is 0 Å². The first kappa shape index (κ1) is 19.2. The summed E-state index contributed by atoms with van der Waals surface area (Å²) in [7, 11) is 0. The quantitative estimate of drug-likeness (QED) is 0.568. The van der Waals surface area contributed by atoms with E-state index in [0.717, 1.165) is 5.56 Å². The number of urea groups is 1. The highest BCUT2D eigenvalue weighted by Crippen LogP contribution is 2.14. The summed E-state index contributed by atoms with van der Waals surface area (Å²) >= 11 is 0. The molecule has 0 saturated heterocycles. The Labute approximate surface area is 164 Å². The van der Waals surface area contributed by atoms with Crippen LogP contribution in [0.25, 0.3) is 0 Å². The van der Waals surface area contributed by atoms with Gasteiger partial charge in [-0.1, -0.05) is 29.8 Å². The minimum absolute atomic E-state index is 0.0440. The van der Waals surface area contributed by atoms with Gasteiger partial charge in [-0.05, 0) is 55.3 Å². The second kappa shape index (κ2) is 9.41. The van der Waals surface area contributed by atoms with Gasteiger partial charge in [0.15, 0.2) is 0 Å². The van der Waals surface area contributed by atoms with Crippen molar-refractivity contribution in [1.29, 1.82) is 0 Å². The number of nitrogens with one attached hydrogen (secondary N) is 3. The third kappa shape index (κ3) is 6.02. The predicted molar refractivity (Wildman–Crippen MR) is 109 cm³/mol. The topological polar surface area (TPSA) is 83.4 Å². The van der Waals surface area contributed by atoms with E-state index in [9.17, 15) is 9.59 Å². The molecule has 6 heteroatoms. The van der Waals surface area contributed by atoms with Crippen LogP contribution in [0.5, 0.6) is 0 Å². The van der Waals surface area contributed by atoms with Gasteiger partial charge in [0.25, 0.3) is 0 Å². The largest absolute Gasteiger partial charge is 0.467 e. The molecule has 0 spiro atoms. The molecule has 6 nitrogen and oxygen atoms in total. The molecule has 0 aliphatic heterocycles. The first-order valence-corrected chi connectivity index (χ1v) is 9.11. The van der Waals surface area contributed by atoms with Gasteiger partial charge in [0.05, 0.1) is 12.8 Å². The van der Waals surface area contributed by atoms with Crippen molar-refractivity contribution in [2.24, 2.45) is 0 Å². The van der Waals surface area contributed by atoms with Crippen molar-refractivity contribution in [2.45, 2.75) is 26.3 Å². The van der Waals surface area contributed by atoms with Crippen LogP contribution in [0.3, 0.4) is 0 Å². The Morgan fingerprint density at radius 2 is 1.57 bits per heavy atom. The standard InChI is InChI=1S/C22H23N3O3/c1-16-4-6-17(7-5-16)8-13-21(26)24-18-9-11-19(12-10-18)25-22(27)23-15-20-3-2-14-28-20/h2-7,9-12,14H,8,13,15H2,1H3,(H,24,26)(H2,23,25,27). The molecular weight excluding hydrogens is 354 g/mol. The van der Waals surface area contributed by atoms with E-state index in [-0.39, 0.29) is 11.9 Å². The highest BCUT2D eigenvalue weighted by atomic mass is 16.3. The van der Waals surface area contributed by atoms with E-state index in [0.29, 0.717) is 36.5 Å². The molecule has 0 radical (unpaired) electrons. The number of carbonyl (C=O) groups is 2. The van der Waals surface area contributed by atoms with Crippen molar-refractivity contribution in [1.82, 2.24) is 5.32 Å². The lowest BCUT2D eigenvalue weighted by atomic mass is 10.1. The maximum absolute atomic E-state index is 12.1. The van der Waals surface area contributed by atoms with Crippen molar-refractivity contribution in [3.05, 3.63) is 83.8 Å². The molecule has 3 aromatic rings. The minimum Gasteiger partial charge on any atom is -0.467 e. The summed E-state index contributed by atoms with van der Waals surface area (Å²) < 4.78 is 5.16. The van der Waals surface area contributed by atoms with Crippen molar-refractivity contribution in [3.8, 4) is 0 Å². The second-order valence-electron chi connectivity index (χ2n) is 6.50. The Kier molecular flexibility index (Phi) is 6.46. The molecule has 0 aliphatic carbocycles. The fourth-order valence-corrected chi connectivity index (χ4v) is 2.63. The lowest BCUT2D eigenvalue weighted by Crippen LogP contribution is -2.27. The third-order valence-corrected chi connectivity index (χ3v) is 4.19. The van der Waals surface area contributed by atoms with Gasteiger partial charge in [-0.15, -0.1) is 0 Å². The third-order valence-electron chi connectivity index (χ3n) is 4.19. The SMILES string of the molecule is Cc1ccc(CCC(=O)Nc2ccc(NC(=O)NCc3ccco3)cc2)cc1. The first-order chi connectivity index (χ1) is 13.6. The number of aryl methyl sites for hydroxylation is 2. The van der Waals surface area contributed by atoms with Gasteiger partial charge in [-0.25, -0.2) is 4.79 Å². The van der Waals surface area contributed by atoms with Crippen LogP contribution in [-0.2, 0) is 17.8 Å². The number of hydrogen-bond donors (Lipinski definition) is 3. The highest BCUT2D eigenvalue weighted by Gasteiger charge is 2.05. The molecule has 2 aromatic carbocycles. The molecule has 0 bridgehead atoms. The summed E-state index contributed by atoms with van der Waals surface area (Å²) in [5, 5.41) is 8.30. The molecule has 3 rings (SSSR count). The average Bonchev–Trinajstić information content (AvgIpc) is 3.21. The summed E-state index contributed by atoms with van der Waals surface area (Å²) in [6, 6.07) is 18.4. The van der Waals surface area contributed by atoms with E-state index in [1.54, 1.807) is 42.7 Å². The lowest BCUT2D eigenvalue weighted by molar-refractivity contribution is -0.116. The summed E-state index contributed by atoms with van der Waals surface area (Å²) in [6.45, 7) is 2.35. The maximum atomic E-state index is 12.1. The summed E-state index contributed by atoms with van der Waals surface area (Å²) in [5.74, 6) is 0.635. The number of benzene rings is 2. The van der Waals surface area contributed by atoms with Crippen molar-refractivity contribution in [2.75, 3.05) is 10.6 Å². The first-order valence-electron chi connectivity index (χ1n) is 9.11. The van der Waals surface area contributed by atoms with Crippen LogP contribution >= 0.6 is 0 Å². The zero-order valence-corrected chi connectivity index (χ0v) is 15.7. The Morgan fingerprint density at radius 1 is 0.893 bits per heavy atom. The molecule has 0 atom stereocenters. The van der Waals surface area contributed by atoms with Crippen LogP contribution in [0.15, 0.2) is 71.3 Å². The number of hydrogen-bond acceptors (Lipinski definition) is 3. The monoisotopic (exact) mass is 377 g/mol. The van der Waals surface area contributed by atoms with Crippen LogP contribution < -0.4 is 16.0 Å². The van der Waals surface area contributed by atoms with Crippen molar-refractivity contribution >= 4 is 23.3 Å². The Hall–Kier alpha value is -3.54. The van der Waals surface area contributed by atoms with Crippen LogP contribution in [0.2, 0.25) is 0 Å². The molecule has 1 aromatic heterocycles. The molecular formula is C22H23N3O3. The number of carbonyl (C=O) groups excluding carboxylic acids is 2. The van der Waals surface area contributed by atoms with Gasteiger partial charge in [0.2, 0.25) is 5.91 Å². The summed E-state index contributed by atoms with van der Waals surface area (Å²) in [6.07, 6.45) is 2.67. The number of rotatable bonds is 7. The van der Waals surface area contributed by atoms with Crippen LogP contribution in [0, 0.1) is 6.92 Å². The average molecular weight is 377 g/mol. The summed E-state index contributed by atoms with van der Waals surface area (Å²) in [4.78, 5) is 24.0. The fraction of sp³-hybridized carbons (Fsp3) is 0.182. The Balaban J connectivity index is 1.42. The zero-order chi connectivity index (χ0) is 19.8. The van der Waals surface area contributed by atoms with Crippen LogP contribution in [0.4, 0.5) is 16.2 Å². The van der Waals surface area contributed by atoms with E-state index in [1.165, 1.54) is 5.56 Å². The van der Waals surface area contributed by atoms with Gasteiger partial charge in [0.1, 0.15) is 5.76 Å². The molecule has 0 fully saturated rings. The van der Waals surface area contributed by atoms with Gasteiger partial charge >= 0.3 is 6.03 Å². The number of anilines is 2. The van der Waals surface area contributed by atoms with Crippen molar-refractivity contribution < 1.29 is 14.0 Å². The number of amides is 3. The molecule has 0 unspecified atom stereocenters. The molecule has 0 aliphatic rings. The van der Waals surface area contributed by atoms with E-state index in [1.807, 2.05) is 31.2 Å². The lowest BCUT2D eigenvalue weighted by Gasteiger charge is -2.09. The fourth-order valence-electron chi connectivity index (χ4n) is 2.63. The molecule has 3 amide bonds. The molecule has 28 heavy (non-hydrogen) atoms. The van der Waals surface area contributed by atoms with Crippen LogP contribution in [0.1, 0.15) is 23.3 Å². The Bertz CT molecular complexity index is 901. The minimum atomic E-state index is -0.328. The van der Waals surface area contributed by atoms with E-state index in [4.69, 9.17) is 4.42 Å². The highest BCUT2D eigenvalue weighted by molar-refractivity contribution is 5.92. The maximum Gasteiger partial charge on any atom is 0.319 e. The molecule has 1 heterocycles. The normalized spacial score (nSPS) is 10.3. The van der Waals surface area contributed by atoms with Crippen LogP contribution in [-0.4, -0.2) is 11.9 Å². The second-order valence-corrected chi connectivity index (χ2v) is 6.50. The molecule has 144 valence electrons. The predicted octanol–water partition coefficient (Wildman–Crippen LogP) is 4.48. The van der Waals surface area contributed by atoms with Gasteiger partial charge in [-0.2, -0.15) is 0 Å². The Morgan fingerprint density at radius 3 is 2.21 bits per heavy atom. The van der Waals surface area contributed by atoms with E-state index >= 15 is 0 Å². The van der Waals surface area contributed by atoms with E-state index in [2.05, 4.69) is 16.0 Å². The van der Waals surface area contributed by atoms with Gasteiger partial charge in [-0.3, -0.25) is 4.79 Å². The molecule has 3 N–H and O–H groups in total. The molecule has 0 saturated carbocycles.